The number of rotatable bonds is 3. The molecule has 0 aliphatic heterocycles. The Kier molecular flexibility index (Phi) is 3.91. The van der Waals surface area contributed by atoms with Crippen LogP contribution in [0.1, 0.15) is 10.4 Å². The van der Waals surface area contributed by atoms with Crippen molar-refractivity contribution >= 4 is 11.3 Å². The molecule has 1 aromatic carbocycles. The fraction of sp³-hybridized carbons (Fsp3) is 0.231. The fourth-order valence-electron chi connectivity index (χ4n) is 1.68. The predicted molar refractivity (Wildman–Crippen MR) is 67.5 cm³/mol. The summed E-state index contributed by atoms with van der Waals surface area (Å²) in [5.41, 5.74) is -0.852. The Morgan fingerprint density at radius 2 is 1.89 bits per heavy atom. The molecule has 0 unspecified atom stereocenters. The van der Waals surface area contributed by atoms with E-state index in [4.69, 9.17) is 0 Å². The highest BCUT2D eigenvalue weighted by atomic mass is 32.1. The average Bonchev–Trinajstić information content (AvgIpc) is 2.77. The SMILES string of the molecule is CNCc1ccc(-c2cc(C(F)(F)F)ccc2F)s1. The van der Waals surface area contributed by atoms with Crippen molar-refractivity contribution < 1.29 is 17.6 Å². The summed E-state index contributed by atoms with van der Waals surface area (Å²) in [4.78, 5) is 1.43. The van der Waals surface area contributed by atoms with Crippen molar-refractivity contribution in [1.29, 1.82) is 0 Å². The van der Waals surface area contributed by atoms with E-state index in [-0.39, 0.29) is 5.56 Å². The normalized spacial score (nSPS) is 11.8. The van der Waals surface area contributed by atoms with Crippen LogP contribution < -0.4 is 5.32 Å². The van der Waals surface area contributed by atoms with Gasteiger partial charge in [-0.3, -0.25) is 0 Å². The topological polar surface area (TPSA) is 12.0 Å². The largest absolute Gasteiger partial charge is 0.416 e. The maximum absolute atomic E-state index is 13.7. The smallest absolute Gasteiger partial charge is 0.315 e. The molecule has 0 radical (unpaired) electrons. The standard InChI is InChI=1S/C13H11F4NS/c1-18-7-9-3-5-12(19-9)10-6-8(13(15,16)17)2-4-11(10)14/h2-6,18H,7H2,1H3. The number of hydrogen-bond acceptors (Lipinski definition) is 2. The van der Waals surface area contributed by atoms with Crippen LogP contribution in [0.5, 0.6) is 0 Å². The van der Waals surface area contributed by atoms with E-state index in [1.54, 1.807) is 19.2 Å². The van der Waals surface area contributed by atoms with Gasteiger partial charge in [0.2, 0.25) is 0 Å². The molecule has 0 saturated heterocycles. The molecule has 0 bridgehead atoms. The van der Waals surface area contributed by atoms with E-state index in [1.807, 2.05) is 0 Å². The molecular weight excluding hydrogens is 278 g/mol. The third kappa shape index (κ3) is 3.13. The molecule has 0 saturated carbocycles. The number of thiophene rings is 1. The summed E-state index contributed by atoms with van der Waals surface area (Å²) in [5.74, 6) is -0.647. The van der Waals surface area contributed by atoms with Gasteiger partial charge in [-0.25, -0.2) is 4.39 Å². The van der Waals surface area contributed by atoms with Gasteiger partial charge in [-0.15, -0.1) is 11.3 Å². The first-order chi connectivity index (χ1) is 8.91. The van der Waals surface area contributed by atoms with Gasteiger partial charge in [0.25, 0.3) is 0 Å². The second-order valence-corrected chi connectivity index (χ2v) is 5.16. The Morgan fingerprint density at radius 3 is 2.53 bits per heavy atom. The number of benzene rings is 1. The maximum atomic E-state index is 13.7. The quantitative estimate of drug-likeness (QED) is 0.831. The van der Waals surface area contributed by atoms with Gasteiger partial charge in [0.15, 0.2) is 0 Å². The zero-order chi connectivity index (χ0) is 14.0. The van der Waals surface area contributed by atoms with Crippen LogP contribution >= 0.6 is 11.3 Å². The molecule has 0 fully saturated rings. The lowest BCUT2D eigenvalue weighted by Gasteiger charge is -2.08. The monoisotopic (exact) mass is 289 g/mol. The van der Waals surface area contributed by atoms with Crippen LogP contribution in [0, 0.1) is 5.82 Å². The van der Waals surface area contributed by atoms with E-state index in [2.05, 4.69) is 5.32 Å². The highest BCUT2D eigenvalue weighted by Gasteiger charge is 2.31. The molecule has 0 aliphatic carbocycles. The Hall–Kier alpha value is -1.40. The van der Waals surface area contributed by atoms with Gasteiger partial charge in [-0.2, -0.15) is 13.2 Å². The molecule has 0 spiro atoms. The van der Waals surface area contributed by atoms with Gasteiger partial charge in [0, 0.05) is 21.9 Å². The summed E-state index contributed by atoms with van der Waals surface area (Å²) in [7, 11) is 1.77. The van der Waals surface area contributed by atoms with E-state index in [9.17, 15) is 17.6 Å². The molecular formula is C13H11F4NS. The Bertz CT molecular complexity index is 574. The highest BCUT2D eigenvalue weighted by Crippen LogP contribution is 2.35. The number of nitrogens with one attached hydrogen (secondary N) is 1. The zero-order valence-corrected chi connectivity index (χ0v) is 10.8. The summed E-state index contributed by atoms with van der Waals surface area (Å²) >= 11 is 1.27. The van der Waals surface area contributed by atoms with Crippen molar-refractivity contribution in [3.63, 3.8) is 0 Å². The van der Waals surface area contributed by atoms with Crippen molar-refractivity contribution in [2.75, 3.05) is 7.05 Å². The Balaban J connectivity index is 2.42. The third-order valence-electron chi connectivity index (χ3n) is 2.57. The Morgan fingerprint density at radius 1 is 1.16 bits per heavy atom. The second kappa shape index (κ2) is 5.30. The molecule has 19 heavy (non-hydrogen) atoms. The van der Waals surface area contributed by atoms with E-state index < -0.39 is 17.6 Å². The lowest BCUT2D eigenvalue weighted by atomic mass is 10.1. The van der Waals surface area contributed by atoms with Crippen molar-refractivity contribution in [2.45, 2.75) is 12.7 Å². The van der Waals surface area contributed by atoms with Gasteiger partial charge >= 0.3 is 6.18 Å². The summed E-state index contributed by atoms with van der Waals surface area (Å²) in [5, 5.41) is 2.94. The molecule has 102 valence electrons. The molecule has 1 heterocycles. The van der Waals surface area contributed by atoms with Crippen LogP contribution in [0.25, 0.3) is 10.4 Å². The summed E-state index contributed by atoms with van der Waals surface area (Å²) < 4.78 is 51.5. The van der Waals surface area contributed by atoms with Gasteiger partial charge in [0.05, 0.1) is 5.56 Å². The lowest BCUT2D eigenvalue weighted by molar-refractivity contribution is -0.137. The van der Waals surface area contributed by atoms with Gasteiger partial charge < -0.3 is 5.32 Å². The first-order valence-electron chi connectivity index (χ1n) is 5.52. The molecule has 1 aromatic heterocycles. The minimum atomic E-state index is -4.46. The van der Waals surface area contributed by atoms with Gasteiger partial charge in [-0.05, 0) is 37.4 Å². The average molecular weight is 289 g/mol. The van der Waals surface area contributed by atoms with Crippen LogP contribution in [-0.4, -0.2) is 7.05 Å². The summed E-state index contributed by atoms with van der Waals surface area (Å²) in [6.45, 7) is 0.602. The molecule has 1 nitrogen and oxygen atoms in total. The van der Waals surface area contributed by atoms with Gasteiger partial charge in [0.1, 0.15) is 5.82 Å². The third-order valence-corrected chi connectivity index (χ3v) is 3.69. The van der Waals surface area contributed by atoms with Crippen LogP contribution in [0.2, 0.25) is 0 Å². The number of halogens is 4. The molecule has 0 amide bonds. The number of hydrogen-bond donors (Lipinski definition) is 1. The molecule has 0 aliphatic rings. The maximum Gasteiger partial charge on any atom is 0.416 e. The van der Waals surface area contributed by atoms with Crippen molar-refractivity contribution in [1.82, 2.24) is 5.32 Å². The van der Waals surface area contributed by atoms with E-state index in [0.717, 1.165) is 23.1 Å². The molecule has 1 N–H and O–H groups in total. The van der Waals surface area contributed by atoms with E-state index in [1.165, 1.54) is 11.3 Å². The fourth-order valence-corrected chi connectivity index (χ4v) is 2.72. The zero-order valence-electron chi connectivity index (χ0n) is 10.0. The van der Waals surface area contributed by atoms with Crippen molar-refractivity contribution in [3.8, 4) is 10.4 Å². The molecule has 2 rings (SSSR count). The minimum Gasteiger partial charge on any atom is -0.315 e. The van der Waals surface area contributed by atoms with E-state index in [0.29, 0.717) is 11.4 Å². The second-order valence-electron chi connectivity index (χ2n) is 3.99. The number of alkyl halides is 3. The van der Waals surface area contributed by atoms with Gasteiger partial charge in [-0.1, -0.05) is 0 Å². The van der Waals surface area contributed by atoms with Crippen molar-refractivity contribution in [2.24, 2.45) is 0 Å². The first-order valence-corrected chi connectivity index (χ1v) is 6.34. The Labute approximate surface area is 111 Å². The van der Waals surface area contributed by atoms with Crippen LogP contribution in [-0.2, 0) is 12.7 Å². The molecule has 2 aromatic rings. The molecule has 0 atom stereocenters. The van der Waals surface area contributed by atoms with Crippen molar-refractivity contribution in [3.05, 3.63) is 46.6 Å². The molecule has 6 heteroatoms. The first kappa shape index (κ1) is 14.0. The lowest BCUT2D eigenvalue weighted by Crippen LogP contribution is -2.05. The van der Waals surface area contributed by atoms with Crippen LogP contribution in [0.3, 0.4) is 0 Å². The van der Waals surface area contributed by atoms with E-state index >= 15 is 0 Å². The predicted octanol–water partition coefficient (Wildman–Crippen LogP) is 4.29. The van der Waals surface area contributed by atoms with Crippen LogP contribution in [0.15, 0.2) is 30.3 Å². The highest BCUT2D eigenvalue weighted by molar-refractivity contribution is 7.15. The summed E-state index contributed by atoms with van der Waals surface area (Å²) in [6, 6.07) is 5.87. The minimum absolute atomic E-state index is 0.0119. The summed E-state index contributed by atoms with van der Waals surface area (Å²) in [6.07, 6.45) is -4.46. The van der Waals surface area contributed by atoms with Crippen LogP contribution in [0.4, 0.5) is 17.6 Å².